The second kappa shape index (κ2) is 7.25. The van der Waals surface area contributed by atoms with Gasteiger partial charge in [0.05, 0.1) is 16.6 Å². The molecule has 0 amide bonds. The van der Waals surface area contributed by atoms with Gasteiger partial charge in [0.25, 0.3) is 0 Å². The summed E-state index contributed by atoms with van der Waals surface area (Å²) in [6.07, 6.45) is 6.41. The molecule has 2 aromatic heterocycles. The first kappa shape index (κ1) is 18.7. The molecular formula is C31H23N. The van der Waals surface area contributed by atoms with Crippen molar-refractivity contribution in [2.45, 2.75) is 6.92 Å². The summed E-state index contributed by atoms with van der Waals surface area (Å²) in [7, 11) is 0. The lowest BCUT2D eigenvalue weighted by Gasteiger charge is -2.07. The second-order valence-corrected chi connectivity index (χ2v) is 8.28. The summed E-state index contributed by atoms with van der Waals surface area (Å²) >= 11 is 0. The normalized spacial score (nSPS) is 12.7. The van der Waals surface area contributed by atoms with Crippen molar-refractivity contribution in [2.24, 2.45) is 0 Å². The van der Waals surface area contributed by atoms with Gasteiger partial charge < -0.3 is 4.40 Å². The maximum atomic E-state index is 4.42. The Labute approximate surface area is 187 Å². The monoisotopic (exact) mass is 409 g/mol. The van der Waals surface area contributed by atoms with Gasteiger partial charge in [-0.2, -0.15) is 0 Å². The number of hydrogen-bond donors (Lipinski definition) is 0. The Kier molecular flexibility index (Phi) is 4.22. The van der Waals surface area contributed by atoms with Crippen molar-refractivity contribution in [3.05, 3.63) is 127 Å². The highest BCUT2D eigenvalue weighted by Gasteiger charge is 2.17. The van der Waals surface area contributed by atoms with Crippen LogP contribution in [0.25, 0.3) is 49.2 Å². The summed E-state index contributed by atoms with van der Waals surface area (Å²) in [6.45, 7) is 6.47. The van der Waals surface area contributed by atoms with E-state index in [4.69, 9.17) is 0 Å². The van der Waals surface area contributed by atoms with E-state index in [-0.39, 0.29) is 0 Å². The molecule has 0 aliphatic carbocycles. The second-order valence-electron chi connectivity index (χ2n) is 8.28. The lowest BCUT2D eigenvalue weighted by atomic mass is 9.98. The standard InChI is InChI=1S/C31H23N/c1-3-10-24(22-11-5-4-6-12-22)19-21(2)23-17-18-30-28(20-23)27-15-9-14-26-25-13-7-8-16-29(25)32(30)31(26)27/h3-20H,2H2,1H3/b10-3-,24-19+. The first-order chi connectivity index (χ1) is 15.8. The quantitative estimate of drug-likeness (QED) is 0.257. The average Bonchev–Trinajstić information content (AvgIpc) is 3.36. The molecular weight excluding hydrogens is 386 g/mol. The fraction of sp³-hybridized carbons (Fsp3) is 0.0323. The maximum absolute atomic E-state index is 4.42. The molecule has 0 bridgehead atoms. The number of nitrogens with zero attached hydrogens (tertiary/aromatic N) is 1. The maximum Gasteiger partial charge on any atom is 0.0620 e. The summed E-state index contributed by atoms with van der Waals surface area (Å²) in [6, 6.07) is 32.5. The molecule has 0 aliphatic heterocycles. The van der Waals surface area contributed by atoms with Crippen LogP contribution in [0.2, 0.25) is 0 Å². The van der Waals surface area contributed by atoms with Crippen molar-refractivity contribution >= 4 is 49.2 Å². The molecule has 0 atom stereocenters. The molecule has 0 aliphatic rings. The van der Waals surface area contributed by atoms with Gasteiger partial charge in [-0.25, -0.2) is 0 Å². The molecule has 152 valence electrons. The average molecular weight is 410 g/mol. The highest BCUT2D eigenvalue weighted by molar-refractivity contribution is 6.23. The van der Waals surface area contributed by atoms with Crippen LogP contribution in [-0.4, -0.2) is 4.40 Å². The fourth-order valence-electron chi connectivity index (χ4n) is 4.94. The number of allylic oxidation sites excluding steroid dienone is 5. The summed E-state index contributed by atoms with van der Waals surface area (Å²) in [5, 5.41) is 5.19. The summed E-state index contributed by atoms with van der Waals surface area (Å²) < 4.78 is 2.41. The van der Waals surface area contributed by atoms with Crippen LogP contribution in [0.4, 0.5) is 0 Å². The van der Waals surface area contributed by atoms with E-state index in [0.29, 0.717) is 0 Å². The van der Waals surface area contributed by atoms with Gasteiger partial charge in [0, 0.05) is 21.5 Å². The molecule has 0 unspecified atom stereocenters. The third-order valence-electron chi connectivity index (χ3n) is 6.38. The Morgan fingerprint density at radius 3 is 2.19 bits per heavy atom. The predicted molar refractivity (Wildman–Crippen MR) is 139 cm³/mol. The SMILES string of the molecule is C=C(/C=C(\C=C/C)c1ccccc1)c1ccc2c(c1)c1cccc3c4ccccc4n2c31. The molecule has 6 aromatic rings. The molecule has 0 radical (unpaired) electrons. The Morgan fingerprint density at radius 1 is 0.688 bits per heavy atom. The van der Waals surface area contributed by atoms with E-state index in [1.165, 1.54) is 43.7 Å². The van der Waals surface area contributed by atoms with Crippen LogP contribution >= 0.6 is 0 Å². The number of rotatable bonds is 4. The molecule has 2 heterocycles. The highest BCUT2D eigenvalue weighted by atomic mass is 14.9. The summed E-state index contributed by atoms with van der Waals surface area (Å²) in [4.78, 5) is 0. The van der Waals surface area contributed by atoms with E-state index in [2.05, 4.69) is 114 Å². The van der Waals surface area contributed by atoms with E-state index in [1.54, 1.807) is 0 Å². The van der Waals surface area contributed by atoms with Crippen molar-refractivity contribution in [3.8, 4) is 0 Å². The van der Waals surface area contributed by atoms with Crippen LogP contribution in [0, 0.1) is 0 Å². The highest BCUT2D eigenvalue weighted by Crippen LogP contribution is 2.39. The predicted octanol–water partition coefficient (Wildman–Crippen LogP) is 8.51. The Bertz CT molecular complexity index is 1680. The van der Waals surface area contributed by atoms with Crippen LogP contribution in [0.15, 0.2) is 116 Å². The van der Waals surface area contributed by atoms with Gasteiger partial charge >= 0.3 is 0 Å². The lowest BCUT2D eigenvalue weighted by molar-refractivity contribution is 1.37. The molecule has 0 saturated carbocycles. The minimum Gasteiger partial charge on any atom is -0.308 e. The van der Waals surface area contributed by atoms with Gasteiger partial charge in [0.1, 0.15) is 0 Å². The Morgan fingerprint density at radius 2 is 1.38 bits per heavy atom. The van der Waals surface area contributed by atoms with Crippen LogP contribution < -0.4 is 0 Å². The molecule has 32 heavy (non-hydrogen) atoms. The van der Waals surface area contributed by atoms with Crippen LogP contribution in [-0.2, 0) is 0 Å². The van der Waals surface area contributed by atoms with E-state index < -0.39 is 0 Å². The van der Waals surface area contributed by atoms with Crippen molar-refractivity contribution in [1.82, 2.24) is 4.40 Å². The third-order valence-corrected chi connectivity index (χ3v) is 6.38. The van der Waals surface area contributed by atoms with E-state index >= 15 is 0 Å². The van der Waals surface area contributed by atoms with Crippen molar-refractivity contribution in [2.75, 3.05) is 0 Å². The zero-order valence-corrected chi connectivity index (χ0v) is 18.0. The van der Waals surface area contributed by atoms with E-state index in [1.807, 2.05) is 13.0 Å². The molecule has 0 fully saturated rings. The van der Waals surface area contributed by atoms with Crippen LogP contribution in [0.5, 0.6) is 0 Å². The number of hydrogen-bond acceptors (Lipinski definition) is 0. The molecule has 6 rings (SSSR count). The molecule has 0 saturated heterocycles. The van der Waals surface area contributed by atoms with Gasteiger partial charge in [-0.3, -0.25) is 0 Å². The van der Waals surface area contributed by atoms with Gasteiger partial charge in [0.2, 0.25) is 0 Å². The van der Waals surface area contributed by atoms with E-state index in [0.717, 1.165) is 16.7 Å². The van der Waals surface area contributed by atoms with Crippen molar-refractivity contribution < 1.29 is 0 Å². The van der Waals surface area contributed by atoms with Gasteiger partial charge in [-0.15, -0.1) is 0 Å². The molecule has 1 heteroatoms. The van der Waals surface area contributed by atoms with E-state index in [9.17, 15) is 0 Å². The summed E-state index contributed by atoms with van der Waals surface area (Å²) in [5.74, 6) is 0. The van der Waals surface area contributed by atoms with Crippen LogP contribution in [0.1, 0.15) is 18.1 Å². The number of aromatic nitrogens is 1. The molecule has 1 nitrogen and oxygen atoms in total. The molecule has 4 aromatic carbocycles. The largest absolute Gasteiger partial charge is 0.308 e. The topological polar surface area (TPSA) is 4.41 Å². The Hall–Kier alpha value is -4.10. The number of benzene rings is 4. The van der Waals surface area contributed by atoms with Crippen molar-refractivity contribution in [1.29, 1.82) is 0 Å². The van der Waals surface area contributed by atoms with Gasteiger partial charge in [-0.05, 0) is 53.5 Å². The third kappa shape index (κ3) is 2.72. The minimum absolute atomic E-state index is 1.01. The fourth-order valence-corrected chi connectivity index (χ4v) is 4.94. The van der Waals surface area contributed by atoms with Crippen molar-refractivity contribution in [3.63, 3.8) is 0 Å². The molecule has 0 spiro atoms. The van der Waals surface area contributed by atoms with Gasteiger partial charge in [-0.1, -0.05) is 91.5 Å². The van der Waals surface area contributed by atoms with Crippen LogP contribution in [0.3, 0.4) is 0 Å². The molecule has 0 N–H and O–H groups in total. The first-order valence-corrected chi connectivity index (χ1v) is 11.0. The number of fused-ring (bicyclic) bond motifs is 6. The van der Waals surface area contributed by atoms with Gasteiger partial charge in [0.15, 0.2) is 0 Å². The Balaban J connectivity index is 1.55. The zero-order valence-electron chi connectivity index (χ0n) is 18.0. The summed E-state index contributed by atoms with van der Waals surface area (Å²) in [5.41, 5.74) is 8.33. The minimum atomic E-state index is 1.01. The lowest BCUT2D eigenvalue weighted by Crippen LogP contribution is -1.85. The zero-order chi connectivity index (χ0) is 21.7. The smallest absolute Gasteiger partial charge is 0.0620 e. The first-order valence-electron chi connectivity index (χ1n) is 11.0. The number of para-hydroxylation sites is 2.